The summed E-state index contributed by atoms with van der Waals surface area (Å²) in [6.45, 7) is 0.725. The van der Waals surface area contributed by atoms with Gasteiger partial charge in [0.1, 0.15) is 17.7 Å². The van der Waals surface area contributed by atoms with E-state index in [2.05, 4.69) is 27.1 Å². The molecule has 1 saturated carbocycles. The van der Waals surface area contributed by atoms with Crippen molar-refractivity contribution in [1.29, 1.82) is 0 Å². The molecule has 24 heavy (non-hydrogen) atoms. The minimum absolute atomic E-state index is 0.266. The third-order valence-electron chi connectivity index (χ3n) is 4.82. The van der Waals surface area contributed by atoms with Gasteiger partial charge in [-0.3, -0.25) is 0 Å². The molecule has 1 unspecified atom stereocenters. The SMILES string of the molecule is C(=Nc1ncnc2[nH]c(C3CC3)cc12)C1CCOc2ccccc21. The van der Waals surface area contributed by atoms with E-state index >= 15 is 0 Å². The number of hydrogen-bond donors (Lipinski definition) is 1. The molecule has 120 valence electrons. The van der Waals surface area contributed by atoms with Crippen LogP contribution < -0.4 is 4.74 Å². The molecule has 1 aliphatic carbocycles. The summed E-state index contributed by atoms with van der Waals surface area (Å²) in [6.07, 6.45) is 7.05. The number of fused-ring (bicyclic) bond motifs is 2. The summed E-state index contributed by atoms with van der Waals surface area (Å²) in [6, 6.07) is 10.4. The van der Waals surface area contributed by atoms with E-state index in [0.717, 1.165) is 35.6 Å². The lowest BCUT2D eigenvalue weighted by molar-refractivity contribution is 0.283. The first-order chi connectivity index (χ1) is 11.9. The number of hydrogen-bond acceptors (Lipinski definition) is 4. The highest BCUT2D eigenvalue weighted by Gasteiger charge is 2.26. The van der Waals surface area contributed by atoms with Crippen molar-refractivity contribution >= 4 is 23.1 Å². The Balaban J connectivity index is 1.49. The maximum atomic E-state index is 5.72. The molecule has 0 radical (unpaired) electrons. The van der Waals surface area contributed by atoms with Gasteiger partial charge in [-0.2, -0.15) is 0 Å². The van der Waals surface area contributed by atoms with Crippen molar-refractivity contribution in [3.8, 4) is 5.75 Å². The summed E-state index contributed by atoms with van der Waals surface area (Å²) < 4.78 is 5.72. The molecule has 1 N–H and O–H groups in total. The zero-order valence-corrected chi connectivity index (χ0v) is 13.3. The topological polar surface area (TPSA) is 63.2 Å². The van der Waals surface area contributed by atoms with E-state index in [9.17, 15) is 0 Å². The van der Waals surface area contributed by atoms with Crippen molar-refractivity contribution in [3.05, 3.63) is 47.9 Å². The van der Waals surface area contributed by atoms with Crippen molar-refractivity contribution in [2.45, 2.75) is 31.1 Å². The molecule has 3 aromatic rings. The van der Waals surface area contributed by atoms with E-state index in [4.69, 9.17) is 9.73 Å². The molecule has 1 aromatic carbocycles. The Labute approximate surface area is 139 Å². The summed E-state index contributed by atoms with van der Waals surface area (Å²) in [5, 5.41) is 1.01. The Bertz CT molecular complexity index is 926. The fourth-order valence-corrected chi connectivity index (χ4v) is 3.35. The highest BCUT2D eigenvalue weighted by molar-refractivity contribution is 5.88. The van der Waals surface area contributed by atoms with Gasteiger partial charge in [0.15, 0.2) is 5.82 Å². The van der Waals surface area contributed by atoms with Crippen LogP contribution in [0.15, 0.2) is 41.7 Å². The van der Waals surface area contributed by atoms with Crippen LogP contribution in [0.25, 0.3) is 11.0 Å². The highest BCUT2D eigenvalue weighted by atomic mass is 16.5. The Kier molecular flexibility index (Phi) is 3.11. The minimum Gasteiger partial charge on any atom is -0.493 e. The quantitative estimate of drug-likeness (QED) is 0.739. The fraction of sp³-hybridized carbons (Fsp3) is 0.316. The second kappa shape index (κ2) is 5.44. The predicted molar refractivity (Wildman–Crippen MR) is 93.3 cm³/mol. The number of para-hydroxylation sites is 1. The minimum atomic E-state index is 0.266. The second-order valence-corrected chi connectivity index (χ2v) is 6.52. The van der Waals surface area contributed by atoms with Crippen LogP contribution in [0.4, 0.5) is 5.82 Å². The van der Waals surface area contributed by atoms with Gasteiger partial charge in [0, 0.05) is 23.4 Å². The molecule has 0 spiro atoms. The van der Waals surface area contributed by atoms with E-state index in [0.29, 0.717) is 5.92 Å². The summed E-state index contributed by atoms with van der Waals surface area (Å²) in [5.74, 6) is 2.64. The number of nitrogens with zero attached hydrogens (tertiary/aromatic N) is 3. The molecular formula is C19H18N4O. The molecule has 1 atom stereocenters. The van der Waals surface area contributed by atoms with Crippen LogP contribution in [0.1, 0.15) is 42.4 Å². The lowest BCUT2D eigenvalue weighted by Crippen LogP contribution is -2.14. The number of aromatic amines is 1. The first kappa shape index (κ1) is 13.7. The van der Waals surface area contributed by atoms with Gasteiger partial charge in [0.25, 0.3) is 0 Å². The normalized spacial score (nSPS) is 20.2. The number of rotatable bonds is 3. The summed E-state index contributed by atoms with van der Waals surface area (Å²) in [4.78, 5) is 16.8. The van der Waals surface area contributed by atoms with E-state index in [1.54, 1.807) is 6.33 Å². The van der Waals surface area contributed by atoms with Gasteiger partial charge in [-0.05, 0) is 37.3 Å². The number of aliphatic imine (C=N–C) groups is 1. The molecule has 0 saturated heterocycles. The third kappa shape index (κ3) is 2.37. The Morgan fingerprint density at radius 2 is 2.08 bits per heavy atom. The van der Waals surface area contributed by atoms with Crippen molar-refractivity contribution < 1.29 is 4.74 Å². The first-order valence-corrected chi connectivity index (χ1v) is 8.48. The fourth-order valence-electron chi connectivity index (χ4n) is 3.35. The van der Waals surface area contributed by atoms with Crippen molar-refractivity contribution in [1.82, 2.24) is 15.0 Å². The maximum Gasteiger partial charge on any atom is 0.164 e. The van der Waals surface area contributed by atoms with E-state index in [-0.39, 0.29) is 5.92 Å². The standard InChI is InChI=1S/C19H18N4O/c1-2-4-17-14(3-1)13(7-8-24-17)10-20-18-15-9-16(12-5-6-12)23-19(15)22-11-21-18/h1-4,9-13H,5-8H2,(H,21,22,23). The van der Waals surface area contributed by atoms with Crippen LogP contribution in [0, 0.1) is 0 Å². The smallest absolute Gasteiger partial charge is 0.164 e. The van der Waals surface area contributed by atoms with Gasteiger partial charge in [-0.25, -0.2) is 15.0 Å². The number of nitrogens with one attached hydrogen (secondary N) is 1. The van der Waals surface area contributed by atoms with Crippen LogP contribution in [0.5, 0.6) is 5.75 Å². The van der Waals surface area contributed by atoms with Crippen molar-refractivity contribution in [2.24, 2.45) is 4.99 Å². The first-order valence-electron chi connectivity index (χ1n) is 8.48. The molecular weight excluding hydrogens is 300 g/mol. The molecule has 1 fully saturated rings. The molecule has 5 nitrogen and oxygen atoms in total. The molecule has 0 amide bonds. The Hall–Kier alpha value is -2.69. The van der Waals surface area contributed by atoms with Gasteiger partial charge in [-0.1, -0.05) is 18.2 Å². The largest absolute Gasteiger partial charge is 0.493 e. The lowest BCUT2D eigenvalue weighted by Gasteiger charge is -2.22. The number of H-pyrrole nitrogens is 1. The van der Waals surface area contributed by atoms with Gasteiger partial charge in [0.2, 0.25) is 0 Å². The van der Waals surface area contributed by atoms with Crippen LogP contribution >= 0.6 is 0 Å². The third-order valence-corrected chi connectivity index (χ3v) is 4.82. The van der Waals surface area contributed by atoms with Crippen LogP contribution in [0.2, 0.25) is 0 Å². The van der Waals surface area contributed by atoms with Crippen LogP contribution in [-0.4, -0.2) is 27.8 Å². The average molecular weight is 318 g/mol. The molecule has 2 aromatic heterocycles. The molecule has 0 bridgehead atoms. The van der Waals surface area contributed by atoms with E-state index in [1.807, 2.05) is 24.4 Å². The molecule has 5 rings (SSSR count). The number of aromatic nitrogens is 3. The van der Waals surface area contributed by atoms with Crippen molar-refractivity contribution in [3.63, 3.8) is 0 Å². The monoisotopic (exact) mass is 318 g/mol. The average Bonchev–Trinajstić information content (AvgIpc) is 3.38. The summed E-state index contributed by atoms with van der Waals surface area (Å²) in [7, 11) is 0. The molecule has 2 aliphatic rings. The van der Waals surface area contributed by atoms with Gasteiger partial charge < -0.3 is 9.72 Å². The lowest BCUT2D eigenvalue weighted by atomic mass is 9.94. The van der Waals surface area contributed by atoms with Gasteiger partial charge >= 0.3 is 0 Å². The van der Waals surface area contributed by atoms with Crippen LogP contribution in [0.3, 0.4) is 0 Å². The molecule has 5 heteroatoms. The summed E-state index contributed by atoms with van der Waals surface area (Å²) >= 11 is 0. The van der Waals surface area contributed by atoms with E-state index in [1.165, 1.54) is 24.1 Å². The Morgan fingerprint density at radius 1 is 1.17 bits per heavy atom. The van der Waals surface area contributed by atoms with Gasteiger partial charge in [-0.15, -0.1) is 0 Å². The molecule has 1 aliphatic heterocycles. The zero-order valence-electron chi connectivity index (χ0n) is 13.3. The second-order valence-electron chi connectivity index (χ2n) is 6.52. The number of benzene rings is 1. The summed E-state index contributed by atoms with van der Waals surface area (Å²) in [5.41, 5.74) is 3.34. The number of ether oxygens (including phenoxy) is 1. The van der Waals surface area contributed by atoms with Crippen LogP contribution in [-0.2, 0) is 0 Å². The van der Waals surface area contributed by atoms with Gasteiger partial charge in [0.05, 0.1) is 12.0 Å². The maximum absolute atomic E-state index is 5.72. The Morgan fingerprint density at radius 3 is 3.00 bits per heavy atom. The molecule has 3 heterocycles. The van der Waals surface area contributed by atoms with E-state index < -0.39 is 0 Å². The predicted octanol–water partition coefficient (Wildman–Crippen LogP) is 4.10. The zero-order chi connectivity index (χ0) is 15.9. The van der Waals surface area contributed by atoms with Crippen molar-refractivity contribution in [2.75, 3.05) is 6.61 Å². The highest BCUT2D eigenvalue weighted by Crippen LogP contribution is 2.41.